The molecule has 96 valence electrons. The van der Waals surface area contributed by atoms with E-state index >= 15 is 0 Å². The fourth-order valence-electron chi connectivity index (χ4n) is 2.29. The van der Waals surface area contributed by atoms with Crippen LogP contribution in [0.1, 0.15) is 40.5 Å². The zero-order valence-electron chi connectivity index (χ0n) is 11.3. The standard InChI is InChI=1S/C13H27NO2/c1-6-13(4,9-15)8-14-10-7-11(16-5)12(10,2)3/h10-11,14-15H,6-9H2,1-5H3. The maximum atomic E-state index is 9.35. The lowest BCUT2D eigenvalue weighted by Crippen LogP contribution is -2.61. The highest BCUT2D eigenvalue weighted by Gasteiger charge is 2.48. The van der Waals surface area contributed by atoms with E-state index in [1.807, 2.05) is 0 Å². The average Bonchev–Trinajstić information content (AvgIpc) is 2.27. The molecule has 1 saturated carbocycles. The van der Waals surface area contributed by atoms with E-state index in [4.69, 9.17) is 4.74 Å². The van der Waals surface area contributed by atoms with E-state index in [2.05, 4.69) is 33.0 Å². The van der Waals surface area contributed by atoms with E-state index in [1.54, 1.807) is 7.11 Å². The van der Waals surface area contributed by atoms with Crippen LogP contribution in [0.2, 0.25) is 0 Å². The third-order valence-electron chi connectivity index (χ3n) is 4.47. The van der Waals surface area contributed by atoms with E-state index in [-0.39, 0.29) is 17.4 Å². The van der Waals surface area contributed by atoms with Gasteiger partial charge in [0.25, 0.3) is 0 Å². The van der Waals surface area contributed by atoms with Crippen molar-refractivity contribution in [1.82, 2.24) is 5.32 Å². The van der Waals surface area contributed by atoms with Gasteiger partial charge in [-0.15, -0.1) is 0 Å². The molecule has 0 aromatic carbocycles. The van der Waals surface area contributed by atoms with Gasteiger partial charge in [0.05, 0.1) is 6.10 Å². The van der Waals surface area contributed by atoms with Gasteiger partial charge in [0, 0.05) is 37.1 Å². The number of ether oxygens (including phenoxy) is 1. The molecule has 0 spiro atoms. The summed E-state index contributed by atoms with van der Waals surface area (Å²) in [4.78, 5) is 0. The van der Waals surface area contributed by atoms with Gasteiger partial charge in [-0.1, -0.05) is 27.7 Å². The minimum Gasteiger partial charge on any atom is -0.396 e. The van der Waals surface area contributed by atoms with Crippen molar-refractivity contribution in [3.8, 4) is 0 Å². The van der Waals surface area contributed by atoms with Gasteiger partial charge in [0.15, 0.2) is 0 Å². The minimum absolute atomic E-state index is 0.00817. The van der Waals surface area contributed by atoms with Gasteiger partial charge in [-0.25, -0.2) is 0 Å². The Morgan fingerprint density at radius 1 is 1.50 bits per heavy atom. The molecule has 1 aliphatic rings. The van der Waals surface area contributed by atoms with Crippen molar-refractivity contribution in [1.29, 1.82) is 0 Å². The summed E-state index contributed by atoms with van der Waals surface area (Å²) in [6, 6.07) is 0.509. The molecule has 0 radical (unpaired) electrons. The Hall–Kier alpha value is -0.120. The summed E-state index contributed by atoms with van der Waals surface area (Å²) in [5.74, 6) is 0. The maximum absolute atomic E-state index is 9.35. The highest BCUT2D eigenvalue weighted by atomic mass is 16.5. The fourth-order valence-corrected chi connectivity index (χ4v) is 2.29. The summed E-state index contributed by atoms with van der Waals surface area (Å²) >= 11 is 0. The molecule has 0 heterocycles. The molecule has 0 bridgehead atoms. The highest BCUT2D eigenvalue weighted by Crippen LogP contribution is 2.42. The van der Waals surface area contributed by atoms with E-state index in [0.717, 1.165) is 19.4 Å². The zero-order valence-corrected chi connectivity index (χ0v) is 11.3. The highest BCUT2D eigenvalue weighted by molar-refractivity contribution is 5.03. The van der Waals surface area contributed by atoms with Crippen molar-refractivity contribution < 1.29 is 9.84 Å². The van der Waals surface area contributed by atoms with Gasteiger partial charge in [-0.05, 0) is 12.8 Å². The van der Waals surface area contributed by atoms with E-state index < -0.39 is 0 Å². The second-order valence-corrected chi connectivity index (χ2v) is 6.04. The predicted molar refractivity (Wildman–Crippen MR) is 66.5 cm³/mol. The Labute approximate surface area is 99.6 Å². The topological polar surface area (TPSA) is 41.5 Å². The average molecular weight is 229 g/mol. The molecular formula is C13H27NO2. The number of hydrogen-bond donors (Lipinski definition) is 2. The van der Waals surface area contributed by atoms with Gasteiger partial charge in [-0.3, -0.25) is 0 Å². The van der Waals surface area contributed by atoms with Crippen molar-refractivity contribution in [3.63, 3.8) is 0 Å². The molecule has 2 N–H and O–H groups in total. The van der Waals surface area contributed by atoms with Gasteiger partial charge in [0.1, 0.15) is 0 Å². The molecule has 1 aliphatic carbocycles. The molecule has 0 aromatic heterocycles. The Balaban J connectivity index is 2.41. The van der Waals surface area contributed by atoms with Crippen molar-refractivity contribution >= 4 is 0 Å². The van der Waals surface area contributed by atoms with Crippen LogP contribution in [-0.4, -0.2) is 37.5 Å². The van der Waals surface area contributed by atoms with Crippen LogP contribution >= 0.6 is 0 Å². The lowest BCUT2D eigenvalue weighted by atomic mass is 9.64. The molecule has 0 amide bonds. The van der Waals surface area contributed by atoms with Crippen LogP contribution in [0.25, 0.3) is 0 Å². The van der Waals surface area contributed by atoms with Crippen LogP contribution in [0.5, 0.6) is 0 Å². The molecule has 0 saturated heterocycles. The van der Waals surface area contributed by atoms with Gasteiger partial charge in [0.2, 0.25) is 0 Å². The maximum Gasteiger partial charge on any atom is 0.0652 e. The number of nitrogens with one attached hydrogen (secondary N) is 1. The van der Waals surface area contributed by atoms with E-state index in [0.29, 0.717) is 12.1 Å². The van der Waals surface area contributed by atoms with Gasteiger partial charge >= 0.3 is 0 Å². The summed E-state index contributed by atoms with van der Waals surface area (Å²) in [6.07, 6.45) is 2.44. The number of methoxy groups -OCH3 is 1. The Kier molecular flexibility index (Phi) is 4.38. The summed E-state index contributed by atoms with van der Waals surface area (Å²) in [7, 11) is 1.78. The van der Waals surface area contributed by atoms with Crippen molar-refractivity contribution in [2.24, 2.45) is 10.8 Å². The molecule has 3 heteroatoms. The summed E-state index contributed by atoms with van der Waals surface area (Å²) in [6.45, 7) is 9.86. The van der Waals surface area contributed by atoms with Gasteiger partial charge in [-0.2, -0.15) is 0 Å². The summed E-state index contributed by atoms with van der Waals surface area (Å²) < 4.78 is 5.43. The molecule has 0 aromatic rings. The fraction of sp³-hybridized carbons (Fsp3) is 1.00. The molecule has 3 atom stereocenters. The first-order valence-electron chi connectivity index (χ1n) is 6.26. The smallest absolute Gasteiger partial charge is 0.0652 e. The van der Waals surface area contributed by atoms with Crippen molar-refractivity contribution in [2.75, 3.05) is 20.3 Å². The van der Waals surface area contributed by atoms with Crippen LogP contribution in [-0.2, 0) is 4.74 Å². The number of aliphatic hydroxyl groups excluding tert-OH is 1. The lowest BCUT2D eigenvalue weighted by molar-refractivity contribution is -0.1000. The minimum atomic E-state index is 0.00817. The Bertz CT molecular complexity index is 224. The Morgan fingerprint density at radius 2 is 2.12 bits per heavy atom. The second kappa shape index (κ2) is 5.03. The largest absolute Gasteiger partial charge is 0.396 e. The number of hydrogen-bond acceptors (Lipinski definition) is 3. The molecular weight excluding hydrogens is 202 g/mol. The molecule has 1 rings (SSSR count). The molecule has 3 nitrogen and oxygen atoms in total. The lowest BCUT2D eigenvalue weighted by Gasteiger charge is -2.52. The first-order chi connectivity index (χ1) is 7.39. The molecule has 0 aliphatic heterocycles. The molecule has 16 heavy (non-hydrogen) atoms. The first-order valence-corrected chi connectivity index (χ1v) is 6.26. The van der Waals surface area contributed by atoms with Crippen LogP contribution in [0.15, 0.2) is 0 Å². The number of rotatable bonds is 6. The quantitative estimate of drug-likeness (QED) is 0.730. The van der Waals surface area contributed by atoms with Crippen LogP contribution in [0.3, 0.4) is 0 Å². The third-order valence-corrected chi connectivity index (χ3v) is 4.47. The van der Waals surface area contributed by atoms with E-state index in [1.165, 1.54) is 0 Å². The van der Waals surface area contributed by atoms with Gasteiger partial charge < -0.3 is 15.2 Å². The third kappa shape index (κ3) is 2.58. The second-order valence-electron chi connectivity index (χ2n) is 6.04. The Morgan fingerprint density at radius 3 is 2.50 bits per heavy atom. The number of aliphatic hydroxyl groups is 1. The normalized spacial score (nSPS) is 31.9. The van der Waals surface area contributed by atoms with Crippen LogP contribution in [0, 0.1) is 10.8 Å². The zero-order chi connectivity index (χ0) is 12.4. The van der Waals surface area contributed by atoms with Crippen LogP contribution in [0.4, 0.5) is 0 Å². The molecule has 1 fully saturated rings. The SMILES string of the molecule is CCC(C)(CO)CNC1CC(OC)C1(C)C. The summed E-state index contributed by atoms with van der Waals surface area (Å²) in [5, 5.41) is 12.9. The predicted octanol–water partition coefficient (Wildman–Crippen LogP) is 1.80. The monoisotopic (exact) mass is 229 g/mol. The molecule has 3 unspecified atom stereocenters. The van der Waals surface area contributed by atoms with Crippen LogP contribution < -0.4 is 5.32 Å². The first kappa shape index (κ1) is 13.9. The van der Waals surface area contributed by atoms with Crippen molar-refractivity contribution in [2.45, 2.75) is 52.7 Å². The van der Waals surface area contributed by atoms with Crippen molar-refractivity contribution in [3.05, 3.63) is 0 Å². The summed E-state index contributed by atoms with van der Waals surface area (Å²) in [5.41, 5.74) is 0.215. The van der Waals surface area contributed by atoms with E-state index in [9.17, 15) is 5.11 Å².